The van der Waals surface area contributed by atoms with Gasteiger partial charge in [0, 0.05) is 13.1 Å². The largest absolute Gasteiger partial charge is 0.244 e. The third-order valence-electron chi connectivity index (χ3n) is 2.58. The van der Waals surface area contributed by atoms with Crippen LogP contribution in [0.15, 0.2) is 23.1 Å². The average molecular weight is 264 g/mol. The summed E-state index contributed by atoms with van der Waals surface area (Å²) >= 11 is 5.75. The molecule has 1 aliphatic heterocycles. The second kappa shape index (κ2) is 4.31. The highest BCUT2D eigenvalue weighted by Crippen LogP contribution is 2.27. The van der Waals surface area contributed by atoms with Gasteiger partial charge in [0.2, 0.25) is 10.0 Å². The fourth-order valence-corrected chi connectivity index (χ4v) is 3.77. The Morgan fingerprint density at radius 2 is 1.88 bits per heavy atom. The van der Waals surface area contributed by atoms with E-state index in [4.69, 9.17) is 11.6 Å². The number of nitrogens with zero attached hydrogens (tertiary/aromatic N) is 1. The summed E-state index contributed by atoms with van der Waals surface area (Å²) in [7, 11) is -3.55. The van der Waals surface area contributed by atoms with Gasteiger partial charge >= 0.3 is 0 Å². The average Bonchev–Trinajstić information content (AvgIpc) is 2.69. The maximum atomic E-state index is 12.8. The topological polar surface area (TPSA) is 37.4 Å². The van der Waals surface area contributed by atoms with Gasteiger partial charge in [0.1, 0.15) is 10.7 Å². The van der Waals surface area contributed by atoms with Gasteiger partial charge in [-0.3, -0.25) is 0 Å². The molecule has 0 unspecified atom stereocenters. The van der Waals surface area contributed by atoms with Gasteiger partial charge in [0.05, 0.1) is 5.02 Å². The minimum atomic E-state index is -3.55. The molecule has 3 nitrogen and oxygen atoms in total. The van der Waals surface area contributed by atoms with E-state index in [1.807, 2.05) is 0 Å². The molecule has 0 spiro atoms. The zero-order valence-electron chi connectivity index (χ0n) is 8.49. The third kappa shape index (κ3) is 2.07. The maximum absolute atomic E-state index is 12.8. The molecule has 88 valence electrons. The molecule has 0 aliphatic carbocycles. The van der Waals surface area contributed by atoms with Crippen molar-refractivity contribution in [2.45, 2.75) is 17.7 Å². The second-order valence-electron chi connectivity index (χ2n) is 3.69. The lowest BCUT2D eigenvalue weighted by atomic mass is 10.3. The first-order chi connectivity index (χ1) is 7.51. The molecule has 0 radical (unpaired) electrons. The Morgan fingerprint density at radius 1 is 1.25 bits per heavy atom. The SMILES string of the molecule is O=S(=O)(c1ccc(F)cc1Cl)N1CCCC1. The van der Waals surface area contributed by atoms with Crippen LogP contribution in [0, 0.1) is 5.82 Å². The Morgan fingerprint density at radius 3 is 2.44 bits per heavy atom. The lowest BCUT2D eigenvalue weighted by Gasteiger charge is -2.16. The van der Waals surface area contributed by atoms with E-state index in [-0.39, 0.29) is 9.92 Å². The van der Waals surface area contributed by atoms with Crippen LogP contribution in [-0.2, 0) is 10.0 Å². The summed E-state index contributed by atoms with van der Waals surface area (Å²) in [5.74, 6) is -0.537. The fraction of sp³-hybridized carbons (Fsp3) is 0.400. The third-order valence-corrected chi connectivity index (χ3v) is 4.96. The highest BCUT2D eigenvalue weighted by atomic mass is 35.5. The molecular formula is C10H11ClFNO2S. The zero-order chi connectivity index (χ0) is 11.8. The molecule has 1 heterocycles. The van der Waals surface area contributed by atoms with Crippen LogP contribution in [-0.4, -0.2) is 25.8 Å². The van der Waals surface area contributed by atoms with Gasteiger partial charge in [-0.2, -0.15) is 4.31 Å². The van der Waals surface area contributed by atoms with Crippen molar-refractivity contribution in [3.63, 3.8) is 0 Å². The first kappa shape index (κ1) is 11.8. The van der Waals surface area contributed by atoms with E-state index in [0.29, 0.717) is 13.1 Å². The van der Waals surface area contributed by atoms with Crippen molar-refractivity contribution in [2.75, 3.05) is 13.1 Å². The smallest absolute Gasteiger partial charge is 0.207 e. The van der Waals surface area contributed by atoms with Crippen molar-refractivity contribution in [1.82, 2.24) is 4.31 Å². The van der Waals surface area contributed by atoms with Crippen LogP contribution in [0.3, 0.4) is 0 Å². The summed E-state index contributed by atoms with van der Waals surface area (Å²) in [6, 6.07) is 3.34. The minimum Gasteiger partial charge on any atom is -0.207 e. The van der Waals surface area contributed by atoms with E-state index in [1.165, 1.54) is 10.4 Å². The Hall–Kier alpha value is -0.650. The van der Waals surface area contributed by atoms with Crippen molar-refractivity contribution in [3.8, 4) is 0 Å². The standard InChI is InChI=1S/C10H11ClFNO2S/c11-9-7-8(12)3-4-10(9)16(14,15)13-5-1-2-6-13/h3-4,7H,1-2,5-6H2. The molecule has 16 heavy (non-hydrogen) atoms. The van der Waals surface area contributed by atoms with Crippen molar-refractivity contribution in [3.05, 3.63) is 29.0 Å². The first-order valence-electron chi connectivity index (χ1n) is 4.97. The van der Waals surface area contributed by atoms with E-state index >= 15 is 0 Å². The van der Waals surface area contributed by atoms with Crippen molar-refractivity contribution in [1.29, 1.82) is 0 Å². The van der Waals surface area contributed by atoms with Crippen LogP contribution in [0.1, 0.15) is 12.8 Å². The molecule has 0 N–H and O–H groups in total. The van der Waals surface area contributed by atoms with Gasteiger partial charge in [-0.1, -0.05) is 11.6 Å². The van der Waals surface area contributed by atoms with Crippen molar-refractivity contribution < 1.29 is 12.8 Å². The zero-order valence-corrected chi connectivity index (χ0v) is 10.1. The molecule has 2 rings (SSSR count). The highest BCUT2D eigenvalue weighted by molar-refractivity contribution is 7.89. The summed E-state index contributed by atoms with van der Waals surface area (Å²) in [6.45, 7) is 1.02. The molecule has 1 aromatic rings. The molecule has 1 aliphatic rings. The van der Waals surface area contributed by atoms with Gasteiger partial charge in [-0.05, 0) is 31.0 Å². The lowest BCUT2D eigenvalue weighted by molar-refractivity contribution is 0.477. The van der Waals surface area contributed by atoms with Crippen LogP contribution in [0.25, 0.3) is 0 Å². The van der Waals surface area contributed by atoms with Gasteiger partial charge < -0.3 is 0 Å². The van der Waals surface area contributed by atoms with Crippen molar-refractivity contribution >= 4 is 21.6 Å². The number of halogens is 2. The number of benzene rings is 1. The number of hydrogen-bond acceptors (Lipinski definition) is 2. The first-order valence-corrected chi connectivity index (χ1v) is 6.79. The molecule has 1 saturated heterocycles. The predicted octanol–water partition coefficient (Wildman–Crippen LogP) is 2.26. The Balaban J connectivity index is 2.42. The molecule has 0 atom stereocenters. The van der Waals surface area contributed by atoms with Crippen LogP contribution >= 0.6 is 11.6 Å². The summed E-state index contributed by atoms with van der Waals surface area (Å²) in [6.07, 6.45) is 1.72. The van der Waals surface area contributed by atoms with Gasteiger partial charge in [-0.25, -0.2) is 12.8 Å². The minimum absolute atomic E-state index is 0.0162. The molecule has 6 heteroatoms. The number of sulfonamides is 1. The number of rotatable bonds is 2. The molecule has 0 aromatic heterocycles. The van der Waals surface area contributed by atoms with E-state index in [1.54, 1.807) is 0 Å². The van der Waals surface area contributed by atoms with E-state index in [0.717, 1.165) is 25.0 Å². The monoisotopic (exact) mass is 263 g/mol. The van der Waals surface area contributed by atoms with Crippen molar-refractivity contribution in [2.24, 2.45) is 0 Å². The maximum Gasteiger partial charge on any atom is 0.244 e. The number of hydrogen-bond donors (Lipinski definition) is 0. The Bertz CT molecular complexity index is 498. The Kier molecular flexibility index (Phi) is 3.19. The Labute approximate surface area is 98.9 Å². The fourth-order valence-electron chi connectivity index (χ4n) is 1.75. The van der Waals surface area contributed by atoms with E-state index in [2.05, 4.69) is 0 Å². The van der Waals surface area contributed by atoms with Crippen LogP contribution in [0.2, 0.25) is 5.02 Å². The van der Waals surface area contributed by atoms with Crippen LogP contribution < -0.4 is 0 Å². The highest BCUT2D eigenvalue weighted by Gasteiger charge is 2.28. The van der Waals surface area contributed by atoms with E-state index < -0.39 is 15.8 Å². The predicted molar refractivity (Wildman–Crippen MR) is 59.4 cm³/mol. The van der Waals surface area contributed by atoms with Gasteiger partial charge in [0.25, 0.3) is 0 Å². The van der Waals surface area contributed by atoms with Crippen LogP contribution in [0.4, 0.5) is 4.39 Å². The molecule has 0 saturated carbocycles. The molecule has 0 bridgehead atoms. The molecular weight excluding hydrogens is 253 g/mol. The summed E-state index contributed by atoms with van der Waals surface area (Å²) in [4.78, 5) is -0.0162. The molecule has 1 aromatic carbocycles. The summed E-state index contributed by atoms with van der Waals surface area (Å²) in [5.41, 5.74) is 0. The summed E-state index contributed by atoms with van der Waals surface area (Å²) in [5, 5.41) is -0.0631. The quantitative estimate of drug-likeness (QED) is 0.821. The van der Waals surface area contributed by atoms with E-state index in [9.17, 15) is 12.8 Å². The normalized spacial score (nSPS) is 17.9. The summed E-state index contributed by atoms with van der Waals surface area (Å²) < 4.78 is 38.4. The molecule has 1 fully saturated rings. The van der Waals surface area contributed by atoms with Crippen LogP contribution in [0.5, 0.6) is 0 Å². The lowest BCUT2D eigenvalue weighted by Crippen LogP contribution is -2.28. The van der Waals surface area contributed by atoms with Gasteiger partial charge in [-0.15, -0.1) is 0 Å². The second-order valence-corrected chi connectivity index (χ2v) is 6.00. The molecule has 0 amide bonds. The van der Waals surface area contributed by atoms with Gasteiger partial charge in [0.15, 0.2) is 0 Å².